The van der Waals surface area contributed by atoms with Crippen LogP contribution in [-0.2, 0) is 38.2 Å². The van der Waals surface area contributed by atoms with E-state index in [2.05, 4.69) is 38.3 Å². The Bertz CT molecular complexity index is 1030. The number of hydrogen-bond donors (Lipinski definition) is 2. The van der Waals surface area contributed by atoms with Crippen molar-refractivity contribution >= 4 is 35.4 Å². The molecule has 2 rings (SSSR count). The second kappa shape index (κ2) is 17.6. The van der Waals surface area contributed by atoms with Gasteiger partial charge in [0.15, 0.2) is 0 Å². The molecule has 0 radical (unpaired) electrons. The number of carbonyl (C=O) groups is 6. The number of nitrogens with one attached hydrogen (secondary N) is 2. The van der Waals surface area contributed by atoms with Gasteiger partial charge in [0.1, 0.15) is 0 Å². The first-order valence-electron chi connectivity index (χ1n) is 16.0. The molecule has 6 amide bonds. The Balaban J connectivity index is 1.47. The molecule has 2 atom stereocenters. The summed E-state index contributed by atoms with van der Waals surface area (Å²) in [5.41, 5.74) is -0.323. The van der Waals surface area contributed by atoms with E-state index >= 15 is 0 Å². The van der Waals surface area contributed by atoms with Crippen LogP contribution in [0.5, 0.6) is 0 Å². The molecule has 0 aliphatic carbocycles. The van der Waals surface area contributed by atoms with E-state index in [1.54, 1.807) is 13.8 Å². The van der Waals surface area contributed by atoms with Crippen LogP contribution in [0.4, 0.5) is 0 Å². The van der Waals surface area contributed by atoms with Crippen molar-refractivity contribution in [2.75, 3.05) is 52.6 Å². The first-order chi connectivity index (χ1) is 20.6. The van der Waals surface area contributed by atoms with Gasteiger partial charge in [-0.1, -0.05) is 41.5 Å². The molecule has 0 aromatic carbocycles. The van der Waals surface area contributed by atoms with Crippen LogP contribution in [0.3, 0.4) is 0 Å². The van der Waals surface area contributed by atoms with Gasteiger partial charge in [0.2, 0.25) is 35.4 Å². The fourth-order valence-corrected chi connectivity index (χ4v) is 5.15. The SMILES string of the molecule is CC1CC(=O)N(CCCC(=O)NCCCOCC(C)(C)COCC(C)(C)CCNC(=O)CCCN2C(=O)CC(C)C2=O)C1=O. The Hall–Kier alpha value is -2.86. The molecule has 2 heterocycles. The maximum absolute atomic E-state index is 12.2. The predicted octanol–water partition coefficient (Wildman–Crippen LogP) is 2.44. The lowest BCUT2D eigenvalue weighted by Gasteiger charge is -2.29. The number of rotatable bonds is 21. The summed E-state index contributed by atoms with van der Waals surface area (Å²) < 4.78 is 11.8. The van der Waals surface area contributed by atoms with E-state index in [-0.39, 0.29) is 90.3 Å². The van der Waals surface area contributed by atoms with Crippen LogP contribution >= 0.6 is 0 Å². The molecule has 12 heteroatoms. The van der Waals surface area contributed by atoms with Gasteiger partial charge in [-0.15, -0.1) is 0 Å². The molecule has 0 spiro atoms. The third kappa shape index (κ3) is 13.0. The molecular formula is C32H54N4O8. The van der Waals surface area contributed by atoms with E-state index in [1.807, 2.05) is 0 Å². The van der Waals surface area contributed by atoms with Crippen molar-refractivity contribution < 1.29 is 38.2 Å². The average molecular weight is 623 g/mol. The normalized spacial score (nSPS) is 19.3. The van der Waals surface area contributed by atoms with Crippen LogP contribution in [-0.4, -0.2) is 97.8 Å². The Morgan fingerprint density at radius 3 is 1.64 bits per heavy atom. The zero-order valence-electron chi connectivity index (χ0n) is 27.6. The summed E-state index contributed by atoms with van der Waals surface area (Å²) in [6.45, 7) is 15.5. The second-order valence-corrected chi connectivity index (χ2v) is 13.9. The average Bonchev–Trinajstić information content (AvgIpc) is 3.32. The van der Waals surface area contributed by atoms with Crippen molar-refractivity contribution in [3.8, 4) is 0 Å². The fraction of sp³-hybridized carbons (Fsp3) is 0.812. The van der Waals surface area contributed by atoms with E-state index in [4.69, 9.17) is 9.47 Å². The topological polar surface area (TPSA) is 151 Å². The van der Waals surface area contributed by atoms with Gasteiger partial charge in [0, 0.05) is 75.7 Å². The van der Waals surface area contributed by atoms with Gasteiger partial charge in [-0.25, -0.2) is 0 Å². The molecule has 0 saturated carbocycles. The molecule has 44 heavy (non-hydrogen) atoms. The van der Waals surface area contributed by atoms with Crippen molar-refractivity contribution in [3.05, 3.63) is 0 Å². The van der Waals surface area contributed by atoms with Crippen LogP contribution in [0.1, 0.15) is 92.9 Å². The number of carbonyl (C=O) groups excluding carboxylic acids is 6. The first-order valence-corrected chi connectivity index (χ1v) is 16.0. The number of hydrogen-bond acceptors (Lipinski definition) is 8. The van der Waals surface area contributed by atoms with Gasteiger partial charge in [0.05, 0.1) is 19.8 Å². The van der Waals surface area contributed by atoms with Crippen LogP contribution in [0.2, 0.25) is 0 Å². The smallest absolute Gasteiger partial charge is 0.232 e. The maximum Gasteiger partial charge on any atom is 0.232 e. The maximum atomic E-state index is 12.2. The highest BCUT2D eigenvalue weighted by Gasteiger charge is 2.36. The van der Waals surface area contributed by atoms with Gasteiger partial charge < -0.3 is 20.1 Å². The lowest BCUT2D eigenvalue weighted by Crippen LogP contribution is -2.34. The zero-order valence-corrected chi connectivity index (χ0v) is 27.6. The number of ether oxygens (including phenoxy) is 2. The van der Waals surface area contributed by atoms with E-state index in [0.717, 1.165) is 6.42 Å². The molecule has 2 aliphatic heterocycles. The lowest BCUT2D eigenvalue weighted by molar-refractivity contribution is -0.141. The van der Waals surface area contributed by atoms with Gasteiger partial charge in [-0.2, -0.15) is 0 Å². The second-order valence-electron chi connectivity index (χ2n) is 13.9. The zero-order chi connectivity index (χ0) is 32.9. The van der Waals surface area contributed by atoms with Crippen molar-refractivity contribution in [1.29, 1.82) is 0 Å². The fourth-order valence-electron chi connectivity index (χ4n) is 5.15. The summed E-state index contributed by atoms with van der Waals surface area (Å²) in [5.74, 6) is -1.33. The molecule has 2 saturated heterocycles. The van der Waals surface area contributed by atoms with Crippen molar-refractivity contribution in [2.45, 2.75) is 92.9 Å². The molecule has 0 aromatic rings. The predicted molar refractivity (Wildman–Crippen MR) is 164 cm³/mol. The van der Waals surface area contributed by atoms with Crippen LogP contribution < -0.4 is 10.6 Å². The van der Waals surface area contributed by atoms with Gasteiger partial charge in [-0.05, 0) is 31.1 Å². The minimum Gasteiger partial charge on any atom is -0.381 e. The molecule has 2 N–H and O–H groups in total. The summed E-state index contributed by atoms with van der Waals surface area (Å²) in [6.07, 6.45) is 3.39. The highest BCUT2D eigenvalue weighted by molar-refractivity contribution is 6.03. The monoisotopic (exact) mass is 622 g/mol. The molecular weight excluding hydrogens is 568 g/mol. The number of nitrogens with zero attached hydrogens (tertiary/aromatic N) is 2. The molecule has 2 aliphatic rings. The summed E-state index contributed by atoms with van der Waals surface area (Å²) in [5, 5.41) is 5.78. The van der Waals surface area contributed by atoms with Gasteiger partial charge in [-0.3, -0.25) is 38.6 Å². The quantitative estimate of drug-likeness (QED) is 0.146. The molecule has 0 aromatic heterocycles. The molecule has 0 bridgehead atoms. The summed E-state index contributed by atoms with van der Waals surface area (Å²) in [4.78, 5) is 74.3. The first kappa shape index (κ1) is 37.3. The Morgan fingerprint density at radius 1 is 0.705 bits per heavy atom. The Labute approximate surface area is 262 Å². The van der Waals surface area contributed by atoms with Crippen molar-refractivity contribution in [1.82, 2.24) is 20.4 Å². The summed E-state index contributed by atoms with van der Waals surface area (Å²) >= 11 is 0. The Kier molecular flexibility index (Phi) is 14.9. The van der Waals surface area contributed by atoms with E-state index in [1.165, 1.54) is 9.80 Å². The Morgan fingerprint density at radius 2 is 1.16 bits per heavy atom. The standard InChI is InChI=1S/C32H54N4O8/c1-23-18-27(39)35(29(23)41)15-7-10-25(37)33-13-9-17-43-21-32(5,6)22-44-20-31(3,4)12-14-34-26(38)11-8-16-36-28(40)19-24(2)30(36)42/h23-24H,7-22H2,1-6H3,(H,33,37)(H,34,38). The summed E-state index contributed by atoms with van der Waals surface area (Å²) in [6, 6.07) is 0. The lowest BCUT2D eigenvalue weighted by atomic mass is 9.90. The minimum absolute atomic E-state index is 0.0886. The number of amides is 6. The van der Waals surface area contributed by atoms with Crippen molar-refractivity contribution in [2.24, 2.45) is 22.7 Å². The van der Waals surface area contributed by atoms with Crippen LogP contribution in [0.15, 0.2) is 0 Å². The third-order valence-electron chi connectivity index (χ3n) is 7.90. The van der Waals surface area contributed by atoms with Crippen LogP contribution in [0, 0.1) is 22.7 Å². The van der Waals surface area contributed by atoms with E-state index in [0.29, 0.717) is 65.3 Å². The van der Waals surface area contributed by atoms with Crippen LogP contribution in [0.25, 0.3) is 0 Å². The van der Waals surface area contributed by atoms with Crippen molar-refractivity contribution in [3.63, 3.8) is 0 Å². The highest BCUT2D eigenvalue weighted by atomic mass is 16.5. The molecule has 250 valence electrons. The van der Waals surface area contributed by atoms with Gasteiger partial charge in [0.25, 0.3) is 0 Å². The third-order valence-corrected chi connectivity index (χ3v) is 7.90. The van der Waals surface area contributed by atoms with E-state index in [9.17, 15) is 28.8 Å². The minimum atomic E-state index is -0.262. The summed E-state index contributed by atoms with van der Waals surface area (Å²) in [7, 11) is 0. The molecule has 2 fully saturated rings. The highest BCUT2D eigenvalue weighted by Crippen LogP contribution is 2.23. The number of imide groups is 2. The molecule has 12 nitrogen and oxygen atoms in total. The number of likely N-dealkylation sites (tertiary alicyclic amines) is 2. The largest absolute Gasteiger partial charge is 0.381 e. The van der Waals surface area contributed by atoms with Gasteiger partial charge >= 0.3 is 0 Å². The molecule has 2 unspecified atom stereocenters. The van der Waals surface area contributed by atoms with E-state index < -0.39 is 0 Å².